The van der Waals surface area contributed by atoms with Crippen LogP contribution >= 0.6 is 12.2 Å². The average molecular weight is 402 g/mol. The summed E-state index contributed by atoms with van der Waals surface area (Å²) in [5.74, 6) is 0.568. The lowest BCUT2D eigenvalue weighted by Gasteiger charge is -2.46. The predicted molar refractivity (Wildman–Crippen MR) is 107 cm³/mol. The van der Waals surface area contributed by atoms with Crippen molar-refractivity contribution in [3.63, 3.8) is 0 Å². The number of rotatable bonds is 4. The van der Waals surface area contributed by atoms with E-state index >= 15 is 0 Å². The van der Waals surface area contributed by atoms with E-state index in [1.54, 1.807) is 29.7 Å². The molecular weight excluding hydrogens is 380 g/mol. The van der Waals surface area contributed by atoms with Gasteiger partial charge in [0, 0.05) is 25.5 Å². The molecule has 0 saturated heterocycles. The number of para-hydroxylation sites is 2. The third-order valence-electron chi connectivity index (χ3n) is 5.26. The molecule has 1 aliphatic heterocycles. The first kappa shape index (κ1) is 18.9. The third-order valence-corrected chi connectivity index (χ3v) is 5.54. The number of aromatic nitrogens is 1. The van der Waals surface area contributed by atoms with Crippen LogP contribution in [0.2, 0.25) is 0 Å². The highest BCUT2D eigenvalue weighted by molar-refractivity contribution is 7.71. The van der Waals surface area contributed by atoms with Crippen LogP contribution in [0.1, 0.15) is 18.5 Å². The summed E-state index contributed by atoms with van der Waals surface area (Å²) in [6.45, 7) is 1.74. The topological polar surface area (TPSA) is 92.0 Å². The number of methoxy groups -OCH3 is 2. The Morgan fingerprint density at radius 2 is 1.93 bits per heavy atom. The molecular formula is C20H22N2O5S. The number of nitrogens with zero attached hydrogens (tertiary/aromatic N) is 1. The van der Waals surface area contributed by atoms with Crippen LogP contribution in [0.25, 0.3) is 11.1 Å². The van der Waals surface area contributed by atoms with Gasteiger partial charge in [0.05, 0.1) is 11.6 Å². The Morgan fingerprint density at radius 3 is 2.64 bits per heavy atom. The van der Waals surface area contributed by atoms with E-state index in [-0.39, 0.29) is 4.84 Å². The molecule has 0 aliphatic carbocycles. The van der Waals surface area contributed by atoms with Crippen LogP contribution in [-0.2, 0) is 9.47 Å². The van der Waals surface area contributed by atoms with Gasteiger partial charge in [0.2, 0.25) is 0 Å². The highest BCUT2D eigenvalue weighted by atomic mass is 32.1. The average Bonchev–Trinajstić information content (AvgIpc) is 3.00. The van der Waals surface area contributed by atoms with Gasteiger partial charge in [-0.1, -0.05) is 12.1 Å². The van der Waals surface area contributed by atoms with Crippen LogP contribution in [0.4, 0.5) is 5.69 Å². The normalized spacial score (nSPS) is 24.3. The van der Waals surface area contributed by atoms with Crippen LogP contribution < -0.4 is 10.5 Å². The smallest absolute Gasteiger partial charge is 0.270 e. The number of aliphatic hydroxyl groups excluding tert-OH is 1. The van der Waals surface area contributed by atoms with Gasteiger partial charge in [0.15, 0.2) is 17.5 Å². The summed E-state index contributed by atoms with van der Waals surface area (Å²) >= 11 is 5.50. The number of ether oxygens (including phenoxy) is 3. The molecule has 8 heteroatoms. The van der Waals surface area contributed by atoms with Crippen molar-refractivity contribution in [2.75, 3.05) is 20.0 Å². The second-order valence-electron chi connectivity index (χ2n) is 6.98. The van der Waals surface area contributed by atoms with E-state index in [0.717, 1.165) is 5.52 Å². The Bertz CT molecular complexity index is 1070. The number of oxazole rings is 1. The van der Waals surface area contributed by atoms with E-state index in [4.69, 9.17) is 36.6 Å². The van der Waals surface area contributed by atoms with Crippen molar-refractivity contribution < 1.29 is 23.7 Å². The molecule has 0 amide bonds. The molecule has 2 aromatic carbocycles. The lowest BCUT2D eigenvalue weighted by atomic mass is 9.84. The van der Waals surface area contributed by atoms with Gasteiger partial charge in [-0.3, -0.25) is 4.57 Å². The maximum Gasteiger partial charge on any atom is 0.270 e. The highest BCUT2D eigenvalue weighted by Gasteiger charge is 2.53. The van der Waals surface area contributed by atoms with Gasteiger partial charge in [-0.25, -0.2) is 0 Å². The number of benzene rings is 2. The molecule has 28 heavy (non-hydrogen) atoms. The monoisotopic (exact) mass is 402 g/mol. The third kappa shape index (κ3) is 2.72. The maximum atomic E-state index is 11.5. The zero-order valence-electron chi connectivity index (χ0n) is 15.8. The van der Waals surface area contributed by atoms with Crippen molar-refractivity contribution in [2.45, 2.75) is 31.0 Å². The standard InChI is InChI=1S/C20H22N2O5S/c1-20(18(24-2)25-3)17(23)16(12-10-11(21)8-9-14(12)27-20)22-13-6-4-5-7-15(13)26-19(22)28/h4-10,16-18,23H,21H2,1-3H3/t16-,17+,20-/m1/s1. The van der Waals surface area contributed by atoms with E-state index in [0.29, 0.717) is 22.6 Å². The Morgan fingerprint density at radius 1 is 1.21 bits per heavy atom. The number of fused-ring (bicyclic) bond motifs is 2. The summed E-state index contributed by atoms with van der Waals surface area (Å²) in [5.41, 5.74) is 7.48. The van der Waals surface area contributed by atoms with Gasteiger partial charge in [-0.05, 0) is 49.5 Å². The van der Waals surface area contributed by atoms with E-state index in [9.17, 15) is 5.11 Å². The minimum absolute atomic E-state index is 0.245. The quantitative estimate of drug-likeness (QED) is 0.393. The Labute approximate surface area is 167 Å². The number of hydrogen-bond acceptors (Lipinski definition) is 7. The fraction of sp³-hybridized carbons (Fsp3) is 0.350. The molecule has 1 aliphatic rings. The molecule has 0 fully saturated rings. The van der Waals surface area contributed by atoms with Crippen molar-refractivity contribution in [3.8, 4) is 5.75 Å². The molecule has 7 nitrogen and oxygen atoms in total. The molecule has 4 rings (SSSR count). The number of nitrogens with two attached hydrogens (primary N) is 1. The predicted octanol–water partition coefficient (Wildman–Crippen LogP) is 3.27. The largest absolute Gasteiger partial charge is 0.479 e. The van der Waals surface area contributed by atoms with Gasteiger partial charge in [-0.2, -0.15) is 0 Å². The SMILES string of the molecule is COC(OC)[C@]1(C)Oc2ccc(N)cc2[C@@H](n2c(=S)oc3ccccc32)[C@@H]1O. The molecule has 148 valence electrons. The summed E-state index contributed by atoms with van der Waals surface area (Å²) in [7, 11) is 3.00. The molecule has 0 bridgehead atoms. The fourth-order valence-electron chi connectivity index (χ4n) is 3.95. The molecule has 3 atom stereocenters. The summed E-state index contributed by atoms with van der Waals surface area (Å²) in [6, 6.07) is 12.2. The summed E-state index contributed by atoms with van der Waals surface area (Å²) in [4.78, 5) is 0.245. The number of aliphatic hydroxyl groups is 1. The minimum Gasteiger partial charge on any atom is -0.479 e. The van der Waals surface area contributed by atoms with Crippen molar-refractivity contribution in [1.82, 2.24) is 4.57 Å². The number of nitrogen functional groups attached to an aromatic ring is 1. The van der Waals surface area contributed by atoms with E-state index < -0.39 is 24.0 Å². The lowest BCUT2D eigenvalue weighted by molar-refractivity contribution is -0.238. The van der Waals surface area contributed by atoms with E-state index in [1.165, 1.54) is 14.2 Å². The van der Waals surface area contributed by atoms with Crippen LogP contribution in [0, 0.1) is 4.84 Å². The Hall–Kier alpha value is -2.39. The van der Waals surface area contributed by atoms with E-state index in [1.807, 2.05) is 24.3 Å². The molecule has 0 saturated carbocycles. The molecule has 0 unspecified atom stereocenters. The summed E-state index contributed by atoms with van der Waals surface area (Å²) < 4.78 is 24.6. The molecule has 3 N–H and O–H groups in total. The first-order valence-electron chi connectivity index (χ1n) is 8.83. The van der Waals surface area contributed by atoms with Gasteiger partial charge in [-0.15, -0.1) is 0 Å². The number of hydrogen-bond donors (Lipinski definition) is 2. The summed E-state index contributed by atoms with van der Waals surface area (Å²) in [6.07, 6.45) is -1.89. The van der Waals surface area contributed by atoms with Crippen molar-refractivity contribution >= 4 is 29.0 Å². The zero-order chi connectivity index (χ0) is 20.1. The van der Waals surface area contributed by atoms with Crippen molar-refractivity contribution in [1.29, 1.82) is 0 Å². The van der Waals surface area contributed by atoms with Crippen LogP contribution in [0.3, 0.4) is 0 Å². The first-order valence-corrected chi connectivity index (χ1v) is 9.23. The van der Waals surface area contributed by atoms with Crippen molar-refractivity contribution in [3.05, 3.63) is 52.9 Å². The van der Waals surface area contributed by atoms with Crippen LogP contribution in [-0.4, -0.2) is 41.9 Å². The second-order valence-corrected chi connectivity index (χ2v) is 7.33. The van der Waals surface area contributed by atoms with Gasteiger partial charge in [0.25, 0.3) is 4.84 Å². The van der Waals surface area contributed by atoms with Gasteiger partial charge in [0.1, 0.15) is 11.9 Å². The van der Waals surface area contributed by atoms with Gasteiger partial charge < -0.3 is 29.5 Å². The van der Waals surface area contributed by atoms with E-state index in [2.05, 4.69) is 0 Å². The number of anilines is 1. The highest BCUT2D eigenvalue weighted by Crippen LogP contribution is 2.46. The molecule has 1 aromatic heterocycles. The molecule has 3 aromatic rings. The Kier molecular flexibility index (Phi) is 4.67. The first-order chi connectivity index (χ1) is 13.4. The van der Waals surface area contributed by atoms with Crippen LogP contribution in [0.5, 0.6) is 5.75 Å². The van der Waals surface area contributed by atoms with Gasteiger partial charge >= 0.3 is 0 Å². The fourth-order valence-corrected chi connectivity index (χ4v) is 4.25. The maximum absolute atomic E-state index is 11.5. The Balaban J connectivity index is 2.00. The molecule has 0 radical (unpaired) electrons. The molecule has 0 spiro atoms. The minimum atomic E-state index is -1.20. The zero-order valence-corrected chi connectivity index (χ0v) is 16.6. The molecule has 2 heterocycles. The lowest BCUT2D eigenvalue weighted by Crippen LogP contribution is -2.60. The second kappa shape index (κ2) is 6.89. The van der Waals surface area contributed by atoms with Crippen molar-refractivity contribution in [2.24, 2.45) is 0 Å². The van der Waals surface area contributed by atoms with Crippen LogP contribution in [0.15, 0.2) is 46.9 Å². The summed E-state index contributed by atoms with van der Waals surface area (Å²) in [5, 5.41) is 11.5.